The monoisotopic (exact) mass is 489 g/mol. The van der Waals surface area contributed by atoms with E-state index >= 15 is 0 Å². The zero-order chi connectivity index (χ0) is 24.1. The second-order valence-electron chi connectivity index (χ2n) is 7.66. The van der Waals surface area contributed by atoms with Gasteiger partial charge in [-0.05, 0) is 36.6 Å². The molecule has 9 heteroatoms. The summed E-state index contributed by atoms with van der Waals surface area (Å²) in [7, 11) is -8.27. The molecule has 33 heavy (non-hydrogen) atoms. The molecule has 176 valence electrons. The largest absolute Gasteiger partial charge is 0.445 e. The molecule has 2 aromatic carbocycles. The Morgan fingerprint density at radius 2 is 1.42 bits per heavy atom. The van der Waals surface area contributed by atoms with Crippen LogP contribution < -0.4 is 5.32 Å². The molecule has 0 aromatic heterocycles. The smallest absolute Gasteiger partial charge is 0.407 e. The number of hydrogen-bond donors (Lipinski definition) is 1. The summed E-state index contributed by atoms with van der Waals surface area (Å²) >= 11 is 0. The van der Waals surface area contributed by atoms with Gasteiger partial charge in [0.25, 0.3) is 0 Å². The molecular formula is C24H27NO6S2. The highest BCUT2D eigenvalue weighted by molar-refractivity contribution is 7.96. The second-order valence-corrected chi connectivity index (χ2v) is 11.9. The molecular weight excluding hydrogens is 462 g/mol. The summed E-state index contributed by atoms with van der Waals surface area (Å²) < 4.78 is 60.2. The van der Waals surface area contributed by atoms with E-state index in [-0.39, 0.29) is 16.4 Å². The molecule has 2 aromatic rings. The molecule has 1 N–H and O–H groups in total. The van der Waals surface area contributed by atoms with E-state index in [9.17, 15) is 21.6 Å². The lowest BCUT2D eigenvalue weighted by Crippen LogP contribution is -2.57. The Morgan fingerprint density at radius 3 is 1.91 bits per heavy atom. The van der Waals surface area contributed by atoms with Crippen molar-refractivity contribution >= 4 is 25.8 Å². The molecule has 1 amide bonds. The minimum Gasteiger partial charge on any atom is -0.445 e. The molecule has 0 unspecified atom stereocenters. The van der Waals surface area contributed by atoms with Gasteiger partial charge >= 0.3 is 6.09 Å². The highest BCUT2D eigenvalue weighted by atomic mass is 32.2. The van der Waals surface area contributed by atoms with Crippen molar-refractivity contribution in [2.75, 3.05) is 6.61 Å². The number of allylic oxidation sites excluding steroid dienone is 1. The van der Waals surface area contributed by atoms with E-state index in [0.29, 0.717) is 6.42 Å². The van der Waals surface area contributed by atoms with Gasteiger partial charge < -0.3 is 10.1 Å². The normalized spacial score (nSPS) is 22.9. The van der Waals surface area contributed by atoms with Gasteiger partial charge in [-0.15, -0.1) is 0 Å². The summed E-state index contributed by atoms with van der Waals surface area (Å²) in [6, 6.07) is 14.3. The van der Waals surface area contributed by atoms with Crippen LogP contribution in [-0.2, 0) is 24.4 Å². The number of nitrogens with one attached hydrogen (secondary N) is 1. The standard InChI is InChI=1S/C24H27NO6S2/c1-3-17-31-24(26)25-21-16-15-18(4-2)22(32(27,28)19-11-7-5-8-12-19)23(21)33(29,30)20-13-9-6-10-14-20/h3,5-16,18,21-23H,1,4,17H2,2H3,(H,25,26)/t18-,21-,22-,23-/m0/s1. The Balaban J connectivity index is 2.18. The molecule has 3 rings (SSSR count). The van der Waals surface area contributed by atoms with Crippen LogP contribution in [0.25, 0.3) is 0 Å². The van der Waals surface area contributed by atoms with E-state index < -0.39 is 48.2 Å². The topological polar surface area (TPSA) is 107 Å². The number of hydrogen-bond acceptors (Lipinski definition) is 6. The quantitative estimate of drug-likeness (QED) is 0.569. The van der Waals surface area contributed by atoms with Gasteiger partial charge in [-0.2, -0.15) is 0 Å². The number of alkyl carbamates (subject to hydrolysis) is 1. The van der Waals surface area contributed by atoms with Crippen LogP contribution in [-0.4, -0.2) is 46.1 Å². The predicted octanol–water partition coefficient (Wildman–Crippen LogP) is 3.55. The number of rotatable bonds is 8. The summed E-state index contributed by atoms with van der Waals surface area (Å²) in [4.78, 5) is 12.3. The number of ether oxygens (including phenoxy) is 1. The van der Waals surface area contributed by atoms with E-state index in [1.165, 1.54) is 30.3 Å². The Kier molecular flexibility index (Phi) is 7.76. The molecule has 0 aliphatic heterocycles. The van der Waals surface area contributed by atoms with E-state index in [0.717, 1.165) is 0 Å². The lowest BCUT2D eigenvalue weighted by molar-refractivity contribution is 0.155. The van der Waals surface area contributed by atoms with Crippen molar-refractivity contribution in [1.29, 1.82) is 0 Å². The third-order valence-corrected chi connectivity index (χ3v) is 10.3. The molecule has 0 radical (unpaired) electrons. The van der Waals surface area contributed by atoms with E-state index in [1.54, 1.807) is 55.5 Å². The van der Waals surface area contributed by atoms with Gasteiger partial charge in [0.2, 0.25) is 0 Å². The first kappa shape index (κ1) is 24.7. The van der Waals surface area contributed by atoms with Crippen molar-refractivity contribution in [3.63, 3.8) is 0 Å². The third-order valence-electron chi connectivity index (χ3n) is 5.61. The Bertz CT molecular complexity index is 1210. The maximum atomic E-state index is 13.8. The van der Waals surface area contributed by atoms with Gasteiger partial charge in [0, 0.05) is 0 Å². The van der Waals surface area contributed by atoms with Gasteiger partial charge in [0.15, 0.2) is 19.7 Å². The first-order valence-corrected chi connectivity index (χ1v) is 13.6. The van der Waals surface area contributed by atoms with Gasteiger partial charge in [0.1, 0.15) is 11.9 Å². The van der Waals surface area contributed by atoms with Crippen LogP contribution >= 0.6 is 0 Å². The van der Waals surface area contributed by atoms with Crippen molar-refractivity contribution < 1.29 is 26.4 Å². The molecule has 0 bridgehead atoms. The molecule has 0 spiro atoms. The van der Waals surface area contributed by atoms with Gasteiger partial charge in [0.05, 0.1) is 21.1 Å². The zero-order valence-corrected chi connectivity index (χ0v) is 19.8. The van der Waals surface area contributed by atoms with E-state index in [4.69, 9.17) is 4.74 Å². The maximum Gasteiger partial charge on any atom is 0.407 e. The van der Waals surface area contributed by atoms with E-state index in [1.807, 2.05) is 0 Å². The molecule has 0 fully saturated rings. The van der Waals surface area contributed by atoms with Crippen LogP contribution in [0.15, 0.2) is 95.3 Å². The van der Waals surface area contributed by atoms with Gasteiger partial charge in [-0.25, -0.2) is 21.6 Å². The maximum absolute atomic E-state index is 13.8. The average Bonchev–Trinajstić information content (AvgIpc) is 2.83. The molecule has 7 nitrogen and oxygen atoms in total. The van der Waals surface area contributed by atoms with Crippen molar-refractivity contribution in [3.8, 4) is 0 Å². The summed E-state index contributed by atoms with van der Waals surface area (Å²) in [6.45, 7) is 5.22. The second kappa shape index (κ2) is 10.4. The van der Waals surface area contributed by atoms with Crippen molar-refractivity contribution in [1.82, 2.24) is 5.32 Å². The number of carbonyl (C=O) groups is 1. The van der Waals surface area contributed by atoms with Crippen molar-refractivity contribution in [3.05, 3.63) is 85.5 Å². The Hall–Kier alpha value is -2.91. The third kappa shape index (κ3) is 5.20. The number of amides is 1. The highest BCUT2D eigenvalue weighted by Gasteiger charge is 2.51. The number of sulfone groups is 2. The number of benzene rings is 2. The van der Waals surface area contributed by atoms with Crippen LogP contribution in [0.1, 0.15) is 13.3 Å². The minimum atomic E-state index is -4.18. The molecule has 4 atom stereocenters. The lowest BCUT2D eigenvalue weighted by atomic mass is 9.90. The molecule has 0 saturated heterocycles. The lowest BCUT2D eigenvalue weighted by Gasteiger charge is -2.38. The van der Waals surface area contributed by atoms with Crippen LogP contribution in [0, 0.1) is 5.92 Å². The van der Waals surface area contributed by atoms with Gasteiger partial charge in [-0.1, -0.05) is 68.1 Å². The van der Waals surface area contributed by atoms with Crippen molar-refractivity contribution in [2.24, 2.45) is 5.92 Å². The average molecular weight is 490 g/mol. The summed E-state index contributed by atoms with van der Waals surface area (Å²) in [5.74, 6) is -0.569. The highest BCUT2D eigenvalue weighted by Crippen LogP contribution is 2.37. The van der Waals surface area contributed by atoms with Crippen molar-refractivity contribution in [2.45, 2.75) is 39.7 Å². The van der Waals surface area contributed by atoms with Crippen LogP contribution in [0.2, 0.25) is 0 Å². The molecule has 0 heterocycles. The summed E-state index contributed by atoms with van der Waals surface area (Å²) in [5, 5.41) is -0.238. The predicted molar refractivity (Wildman–Crippen MR) is 126 cm³/mol. The molecule has 0 saturated carbocycles. The SMILES string of the molecule is C=CCOC(=O)N[C@H]1C=C[C@H](CC)[C@H](S(=O)(=O)c2ccccc2)[C@H]1S(=O)(=O)c1ccccc1. The fraction of sp³-hybridized carbons (Fsp3) is 0.292. The fourth-order valence-electron chi connectivity index (χ4n) is 4.05. The fourth-order valence-corrected chi connectivity index (χ4v) is 9.00. The molecule has 1 aliphatic carbocycles. The first-order chi connectivity index (χ1) is 15.7. The van der Waals surface area contributed by atoms with Crippen LogP contribution in [0.3, 0.4) is 0 Å². The first-order valence-electron chi connectivity index (χ1n) is 10.5. The molecule has 1 aliphatic rings. The summed E-state index contributed by atoms with van der Waals surface area (Å²) in [5.41, 5.74) is 0. The van der Waals surface area contributed by atoms with Crippen LogP contribution in [0.5, 0.6) is 0 Å². The number of carbonyl (C=O) groups excluding carboxylic acids is 1. The summed E-state index contributed by atoms with van der Waals surface area (Å²) in [6.07, 6.45) is 4.14. The zero-order valence-electron chi connectivity index (χ0n) is 18.2. The Labute approximate surface area is 195 Å². The minimum absolute atomic E-state index is 0.0142. The van der Waals surface area contributed by atoms with Gasteiger partial charge in [-0.3, -0.25) is 0 Å². The Morgan fingerprint density at radius 1 is 0.909 bits per heavy atom. The van der Waals surface area contributed by atoms with Crippen LogP contribution in [0.4, 0.5) is 4.79 Å². The van der Waals surface area contributed by atoms with E-state index in [2.05, 4.69) is 11.9 Å².